The predicted molar refractivity (Wildman–Crippen MR) is 56.0 cm³/mol. The molecule has 0 aliphatic heterocycles. The highest BCUT2D eigenvalue weighted by molar-refractivity contribution is 6.25. The third kappa shape index (κ3) is 3.38. The Balaban J connectivity index is 2.51. The lowest BCUT2D eigenvalue weighted by Crippen LogP contribution is -1.98. The van der Waals surface area contributed by atoms with Crippen molar-refractivity contribution in [3.05, 3.63) is 35.4 Å². The van der Waals surface area contributed by atoms with E-state index in [1.807, 2.05) is 19.1 Å². The third-order valence-corrected chi connectivity index (χ3v) is 1.91. The van der Waals surface area contributed by atoms with Crippen LogP contribution in [0.3, 0.4) is 0 Å². The molecule has 0 radical (unpaired) electrons. The van der Waals surface area contributed by atoms with Crippen LogP contribution in [0.25, 0.3) is 0 Å². The van der Waals surface area contributed by atoms with Crippen molar-refractivity contribution in [2.45, 2.75) is 6.92 Å². The number of rotatable bonds is 3. The second kappa shape index (κ2) is 4.77. The van der Waals surface area contributed by atoms with Crippen molar-refractivity contribution in [3.63, 3.8) is 0 Å². The van der Waals surface area contributed by atoms with Crippen molar-refractivity contribution < 1.29 is 4.74 Å². The molecule has 0 fully saturated rings. The number of nitrogens with two attached hydrogens (primary N) is 1. The van der Waals surface area contributed by atoms with Crippen molar-refractivity contribution in [3.8, 4) is 5.75 Å². The van der Waals surface area contributed by atoms with Gasteiger partial charge in [0.05, 0.1) is 0 Å². The van der Waals surface area contributed by atoms with Gasteiger partial charge in [0.15, 0.2) is 0 Å². The molecule has 70 valence electrons. The molecule has 13 heavy (non-hydrogen) atoms. The first kappa shape index (κ1) is 9.93. The van der Waals surface area contributed by atoms with E-state index >= 15 is 0 Å². The Morgan fingerprint density at radius 3 is 2.62 bits per heavy atom. The Morgan fingerprint density at radius 2 is 2.08 bits per heavy atom. The highest BCUT2D eigenvalue weighted by Crippen LogP contribution is 2.13. The van der Waals surface area contributed by atoms with Crippen LogP contribution in [-0.2, 0) is 0 Å². The van der Waals surface area contributed by atoms with Gasteiger partial charge in [0, 0.05) is 11.2 Å². The zero-order chi connectivity index (χ0) is 9.68. The number of hydrogen-bond acceptors (Lipinski definition) is 2. The molecule has 0 unspecified atom stereocenters. The van der Waals surface area contributed by atoms with E-state index in [-0.39, 0.29) is 0 Å². The predicted octanol–water partition coefficient (Wildman–Crippen LogP) is 2.79. The van der Waals surface area contributed by atoms with Gasteiger partial charge in [-0.1, -0.05) is 11.6 Å². The van der Waals surface area contributed by atoms with E-state index in [1.54, 1.807) is 12.1 Å². The summed E-state index contributed by atoms with van der Waals surface area (Å²) in [4.78, 5) is 0. The van der Waals surface area contributed by atoms with E-state index in [4.69, 9.17) is 22.1 Å². The molecule has 0 saturated heterocycles. The minimum Gasteiger partial charge on any atom is -0.489 e. The number of halogens is 1. The number of ether oxygens (including phenoxy) is 1. The molecule has 2 N–H and O–H groups in total. The van der Waals surface area contributed by atoms with E-state index in [2.05, 4.69) is 0 Å². The fraction of sp³-hybridized carbons (Fsp3) is 0.200. The van der Waals surface area contributed by atoms with Crippen molar-refractivity contribution in [2.24, 2.45) is 0 Å². The van der Waals surface area contributed by atoms with Gasteiger partial charge in [-0.3, -0.25) is 0 Å². The SMILES string of the molecule is C/C(=C/Cl)COc1ccc(N)cc1. The van der Waals surface area contributed by atoms with Crippen molar-refractivity contribution >= 4 is 17.3 Å². The van der Waals surface area contributed by atoms with Gasteiger partial charge < -0.3 is 10.5 Å². The number of nitrogen functional groups attached to an aromatic ring is 1. The molecule has 0 bridgehead atoms. The molecule has 1 rings (SSSR count). The molecule has 0 heterocycles. The van der Waals surface area contributed by atoms with Gasteiger partial charge in [-0.05, 0) is 36.8 Å². The molecular weight excluding hydrogens is 186 g/mol. The summed E-state index contributed by atoms with van der Waals surface area (Å²) in [7, 11) is 0. The summed E-state index contributed by atoms with van der Waals surface area (Å²) in [6, 6.07) is 7.26. The molecule has 1 aromatic rings. The summed E-state index contributed by atoms with van der Waals surface area (Å²) in [5, 5.41) is 0. The first-order chi connectivity index (χ1) is 6.22. The Kier molecular flexibility index (Phi) is 3.65. The van der Waals surface area contributed by atoms with E-state index < -0.39 is 0 Å². The maximum Gasteiger partial charge on any atom is 0.119 e. The van der Waals surface area contributed by atoms with Crippen LogP contribution in [0.2, 0.25) is 0 Å². The highest BCUT2D eigenvalue weighted by Gasteiger charge is 1.93. The average Bonchev–Trinajstić information content (AvgIpc) is 2.16. The quantitative estimate of drug-likeness (QED) is 0.757. The summed E-state index contributed by atoms with van der Waals surface area (Å²) >= 11 is 5.48. The lowest BCUT2D eigenvalue weighted by molar-refractivity contribution is 0.352. The summed E-state index contributed by atoms with van der Waals surface area (Å²) in [6.45, 7) is 2.41. The second-order valence-corrected chi connectivity index (χ2v) is 3.03. The molecule has 0 aromatic heterocycles. The van der Waals surface area contributed by atoms with Crippen LogP contribution >= 0.6 is 11.6 Å². The van der Waals surface area contributed by atoms with Crippen LogP contribution in [0.5, 0.6) is 5.75 Å². The molecule has 0 saturated carbocycles. The van der Waals surface area contributed by atoms with Crippen LogP contribution in [-0.4, -0.2) is 6.61 Å². The molecule has 0 amide bonds. The lowest BCUT2D eigenvalue weighted by atomic mass is 10.3. The Morgan fingerprint density at radius 1 is 1.46 bits per heavy atom. The maximum atomic E-state index is 5.52. The fourth-order valence-electron chi connectivity index (χ4n) is 0.793. The first-order valence-corrected chi connectivity index (χ1v) is 4.40. The van der Waals surface area contributed by atoms with Crippen LogP contribution in [0.1, 0.15) is 6.92 Å². The molecule has 0 atom stereocenters. The normalized spacial score (nSPS) is 11.4. The monoisotopic (exact) mass is 197 g/mol. The van der Waals surface area contributed by atoms with Gasteiger partial charge in [-0.25, -0.2) is 0 Å². The van der Waals surface area contributed by atoms with Crippen molar-refractivity contribution in [1.82, 2.24) is 0 Å². The molecule has 3 heteroatoms. The summed E-state index contributed by atoms with van der Waals surface area (Å²) < 4.78 is 5.41. The van der Waals surface area contributed by atoms with Gasteiger partial charge in [0.25, 0.3) is 0 Å². The Labute approximate surface area is 83.0 Å². The molecule has 0 aliphatic carbocycles. The van der Waals surface area contributed by atoms with Crippen molar-refractivity contribution in [1.29, 1.82) is 0 Å². The molecule has 0 aliphatic rings. The smallest absolute Gasteiger partial charge is 0.119 e. The average molecular weight is 198 g/mol. The first-order valence-electron chi connectivity index (χ1n) is 3.96. The van der Waals surface area contributed by atoms with Gasteiger partial charge >= 0.3 is 0 Å². The largest absolute Gasteiger partial charge is 0.489 e. The van der Waals surface area contributed by atoms with E-state index in [0.29, 0.717) is 6.61 Å². The van der Waals surface area contributed by atoms with E-state index in [1.165, 1.54) is 5.54 Å². The van der Waals surface area contributed by atoms with Crippen LogP contribution in [0.4, 0.5) is 5.69 Å². The third-order valence-electron chi connectivity index (χ3n) is 1.53. The summed E-state index contributed by atoms with van der Waals surface area (Å²) in [5.41, 5.74) is 8.75. The molecular formula is C10H12ClNO. The van der Waals surface area contributed by atoms with Crippen LogP contribution in [0.15, 0.2) is 35.4 Å². The summed E-state index contributed by atoms with van der Waals surface area (Å²) in [6.07, 6.45) is 0. The fourth-order valence-corrected chi connectivity index (χ4v) is 0.856. The molecule has 1 aromatic carbocycles. The second-order valence-electron chi connectivity index (χ2n) is 2.81. The van der Waals surface area contributed by atoms with Crippen molar-refractivity contribution in [2.75, 3.05) is 12.3 Å². The van der Waals surface area contributed by atoms with Gasteiger partial charge in [-0.2, -0.15) is 0 Å². The Bertz CT molecular complexity index is 292. The maximum absolute atomic E-state index is 5.52. The molecule has 2 nitrogen and oxygen atoms in total. The van der Waals surface area contributed by atoms with E-state index in [0.717, 1.165) is 17.0 Å². The highest BCUT2D eigenvalue weighted by atomic mass is 35.5. The number of benzene rings is 1. The minimum atomic E-state index is 0.507. The van der Waals surface area contributed by atoms with E-state index in [9.17, 15) is 0 Å². The van der Waals surface area contributed by atoms with Gasteiger partial charge in [0.1, 0.15) is 12.4 Å². The minimum absolute atomic E-state index is 0.507. The van der Waals surface area contributed by atoms with Crippen LogP contribution < -0.4 is 10.5 Å². The van der Waals surface area contributed by atoms with Gasteiger partial charge in [-0.15, -0.1) is 0 Å². The van der Waals surface area contributed by atoms with Crippen LogP contribution in [0, 0.1) is 0 Å². The molecule has 0 spiro atoms. The topological polar surface area (TPSA) is 35.2 Å². The number of anilines is 1. The lowest BCUT2D eigenvalue weighted by Gasteiger charge is -2.05. The Hall–Kier alpha value is -1.15. The zero-order valence-corrected chi connectivity index (χ0v) is 8.21. The zero-order valence-electron chi connectivity index (χ0n) is 7.46. The number of hydrogen-bond donors (Lipinski definition) is 1. The van der Waals surface area contributed by atoms with Gasteiger partial charge in [0.2, 0.25) is 0 Å². The standard InChI is InChI=1S/C10H12ClNO/c1-8(6-11)7-13-10-4-2-9(12)3-5-10/h2-6H,7,12H2,1H3/b8-6-. The summed E-state index contributed by atoms with van der Waals surface area (Å²) in [5.74, 6) is 0.798.